The van der Waals surface area contributed by atoms with E-state index in [0.717, 1.165) is 5.56 Å². The largest absolute Gasteiger partial charge is 0.493 e. The molecule has 1 aromatic rings. The molecule has 1 rings (SSSR count). The van der Waals surface area contributed by atoms with Crippen LogP contribution in [0.4, 0.5) is 0 Å². The third-order valence-electron chi connectivity index (χ3n) is 3.34. The maximum atomic E-state index is 12.0. The Morgan fingerprint density at radius 1 is 1.17 bits per heavy atom. The third kappa shape index (κ3) is 6.59. The molecule has 0 spiro atoms. The van der Waals surface area contributed by atoms with Gasteiger partial charge in [-0.1, -0.05) is 6.07 Å². The smallest absolute Gasteiger partial charge is 0.305 e. The highest BCUT2D eigenvalue weighted by atomic mass is 16.5. The molecule has 0 radical (unpaired) electrons. The van der Waals surface area contributed by atoms with Gasteiger partial charge in [0.1, 0.15) is 0 Å². The molecule has 0 aliphatic heterocycles. The minimum atomic E-state index is -0.522. The normalized spacial score (nSPS) is 10.8. The second-order valence-corrected chi connectivity index (χ2v) is 5.95. The lowest BCUT2D eigenvalue weighted by molar-refractivity contribution is -0.141. The molecule has 0 bridgehead atoms. The Balaban J connectivity index is 2.52. The monoisotopic (exact) mass is 323 g/mol. The quantitative estimate of drug-likeness (QED) is 0.743. The molecule has 0 saturated heterocycles. The summed E-state index contributed by atoms with van der Waals surface area (Å²) >= 11 is 0. The van der Waals surface area contributed by atoms with Crippen molar-refractivity contribution < 1.29 is 23.8 Å². The predicted molar refractivity (Wildman–Crippen MR) is 86.7 cm³/mol. The zero-order chi connectivity index (χ0) is 17.5. The first kappa shape index (κ1) is 18.8. The van der Waals surface area contributed by atoms with Crippen LogP contribution in [0.15, 0.2) is 18.2 Å². The molecule has 128 valence electrons. The summed E-state index contributed by atoms with van der Waals surface area (Å²) in [6, 6.07) is 5.49. The van der Waals surface area contributed by atoms with Crippen molar-refractivity contribution >= 4 is 11.9 Å². The van der Waals surface area contributed by atoms with Gasteiger partial charge in [-0.3, -0.25) is 9.59 Å². The standard InChI is InChI=1S/C17H25NO5/c1-12-6-7-13(14(10-12)21-4)23-11-15(19)18-17(2,3)9-8-16(20)22-5/h6-7,10H,8-9,11H2,1-5H3,(H,18,19). The van der Waals surface area contributed by atoms with E-state index in [1.165, 1.54) is 7.11 Å². The van der Waals surface area contributed by atoms with Gasteiger partial charge in [0.25, 0.3) is 5.91 Å². The summed E-state index contributed by atoms with van der Waals surface area (Å²) < 4.78 is 15.3. The summed E-state index contributed by atoms with van der Waals surface area (Å²) in [6.45, 7) is 5.52. The van der Waals surface area contributed by atoms with Crippen molar-refractivity contribution in [3.8, 4) is 11.5 Å². The Morgan fingerprint density at radius 3 is 2.48 bits per heavy atom. The van der Waals surface area contributed by atoms with E-state index in [9.17, 15) is 9.59 Å². The first-order chi connectivity index (χ1) is 10.8. The molecule has 0 unspecified atom stereocenters. The Labute approximate surface area is 137 Å². The highest BCUT2D eigenvalue weighted by Gasteiger charge is 2.22. The van der Waals surface area contributed by atoms with Crippen LogP contribution in [0.3, 0.4) is 0 Å². The molecule has 1 N–H and O–H groups in total. The van der Waals surface area contributed by atoms with E-state index in [-0.39, 0.29) is 24.9 Å². The molecular weight excluding hydrogens is 298 g/mol. The fraction of sp³-hybridized carbons (Fsp3) is 0.529. The van der Waals surface area contributed by atoms with Crippen LogP contribution in [-0.4, -0.2) is 38.2 Å². The summed E-state index contributed by atoms with van der Waals surface area (Å²) in [5.41, 5.74) is 0.522. The molecule has 1 amide bonds. The zero-order valence-corrected chi connectivity index (χ0v) is 14.4. The zero-order valence-electron chi connectivity index (χ0n) is 14.4. The van der Waals surface area contributed by atoms with Crippen LogP contribution in [0.25, 0.3) is 0 Å². The number of amides is 1. The molecule has 6 nitrogen and oxygen atoms in total. The number of esters is 1. The van der Waals surface area contributed by atoms with Gasteiger partial charge in [-0.25, -0.2) is 0 Å². The number of hydrogen-bond donors (Lipinski definition) is 1. The van der Waals surface area contributed by atoms with Crippen LogP contribution in [0.5, 0.6) is 11.5 Å². The molecule has 0 aliphatic rings. The SMILES string of the molecule is COC(=O)CCC(C)(C)NC(=O)COc1ccc(C)cc1OC. The average Bonchev–Trinajstić information content (AvgIpc) is 2.50. The summed E-state index contributed by atoms with van der Waals surface area (Å²) in [6.07, 6.45) is 0.732. The van der Waals surface area contributed by atoms with E-state index in [2.05, 4.69) is 10.1 Å². The molecule has 6 heteroatoms. The van der Waals surface area contributed by atoms with E-state index >= 15 is 0 Å². The maximum absolute atomic E-state index is 12.0. The van der Waals surface area contributed by atoms with Gasteiger partial charge in [0.15, 0.2) is 18.1 Å². The van der Waals surface area contributed by atoms with Gasteiger partial charge in [-0.15, -0.1) is 0 Å². The fourth-order valence-electron chi connectivity index (χ4n) is 2.03. The van der Waals surface area contributed by atoms with E-state index in [1.54, 1.807) is 13.2 Å². The van der Waals surface area contributed by atoms with Crippen LogP contribution >= 0.6 is 0 Å². The van der Waals surface area contributed by atoms with E-state index in [4.69, 9.17) is 9.47 Å². The number of carbonyl (C=O) groups is 2. The predicted octanol–water partition coefficient (Wildman–Crippen LogP) is 2.23. The number of nitrogens with one attached hydrogen (secondary N) is 1. The first-order valence-corrected chi connectivity index (χ1v) is 7.42. The number of rotatable bonds is 8. The molecule has 0 saturated carbocycles. The number of methoxy groups -OCH3 is 2. The van der Waals surface area contributed by atoms with Crippen LogP contribution in [-0.2, 0) is 14.3 Å². The van der Waals surface area contributed by atoms with Gasteiger partial charge in [0, 0.05) is 12.0 Å². The van der Waals surface area contributed by atoms with Crippen molar-refractivity contribution in [1.82, 2.24) is 5.32 Å². The van der Waals surface area contributed by atoms with Crippen LogP contribution < -0.4 is 14.8 Å². The van der Waals surface area contributed by atoms with Crippen molar-refractivity contribution in [2.45, 2.75) is 39.2 Å². The number of hydrogen-bond acceptors (Lipinski definition) is 5. The molecule has 0 aliphatic carbocycles. The molecule has 1 aromatic carbocycles. The maximum Gasteiger partial charge on any atom is 0.305 e. The highest BCUT2D eigenvalue weighted by Crippen LogP contribution is 2.27. The Bertz CT molecular complexity index is 554. The van der Waals surface area contributed by atoms with Crippen molar-refractivity contribution in [3.05, 3.63) is 23.8 Å². The summed E-state index contributed by atoms with van der Waals surface area (Å²) in [4.78, 5) is 23.2. The Kier molecular flexibility index (Phi) is 6.88. The van der Waals surface area contributed by atoms with E-state index in [0.29, 0.717) is 17.9 Å². The first-order valence-electron chi connectivity index (χ1n) is 7.42. The van der Waals surface area contributed by atoms with Crippen LogP contribution in [0, 0.1) is 6.92 Å². The molecule has 23 heavy (non-hydrogen) atoms. The third-order valence-corrected chi connectivity index (χ3v) is 3.34. The molecule has 0 heterocycles. The Morgan fingerprint density at radius 2 is 1.87 bits per heavy atom. The summed E-state index contributed by atoms with van der Waals surface area (Å²) in [5.74, 6) is 0.541. The number of aryl methyl sites for hydroxylation is 1. The van der Waals surface area contributed by atoms with E-state index in [1.807, 2.05) is 32.9 Å². The average molecular weight is 323 g/mol. The fourth-order valence-corrected chi connectivity index (χ4v) is 2.03. The van der Waals surface area contributed by atoms with Gasteiger partial charge in [0.05, 0.1) is 14.2 Å². The number of carbonyl (C=O) groups excluding carboxylic acids is 2. The molecule has 0 atom stereocenters. The number of ether oxygens (including phenoxy) is 3. The lowest BCUT2D eigenvalue weighted by Gasteiger charge is -2.26. The minimum Gasteiger partial charge on any atom is -0.493 e. The topological polar surface area (TPSA) is 73.9 Å². The van der Waals surface area contributed by atoms with Crippen LogP contribution in [0.2, 0.25) is 0 Å². The van der Waals surface area contributed by atoms with Crippen LogP contribution in [0.1, 0.15) is 32.3 Å². The van der Waals surface area contributed by atoms with Crippen molar-refractivity contribution in [2.24, 2.45) is 0 Å². The Hall–Kier alpha value is -2.24. The van der Waals surface area contributed by atoms with Gasteiger partial charge in [0.2, 0.25) is 0 Å². The van der Waals surface area contributed by atoms with Crippen molar-refractivity contribution in [3.63, 3.8) is 0 Å². The second-order valence-electron chi connectivity index (χ2n) is 5.95. The lowest BCUT2D eigenvalue weighted by atomic mass is 9.98. The van der Waals surface area contributed by atoms with Gasteiger partial charge >= 0.3 is 5.97 Å². The highest BCUT2D eigenvalue weighted by molar-refractivity contribution is 5.78. The van der Waals surface area contributed by atoms with Gasteiger partial charge in [-0.05, 0) is 44.9 Å². The summed E-state index contributed by atoms with van der Waals surface area (Å²) in [5, 5.41) is 2.84. The molecular formula is C17H25NO5. The van der Waals surface area contributed by atoms with Crippen molar-refractivity contribution in [2.75, 3.05) is 20.8 Å². The van der Waals surface area contributed by atoms with Gasteiger partial charge < -0.3 is 19.5 Å². The number of benzene rings is 1. The van der Waals surface area contributed by atoms with Gasteiger partial charge in [-0.2, -0.15) is 0 Å². The summed E-state index contributed by atoms with van der Waals surface area (Å²) in [7, 11) is 2.90. The van der Waals surface area contributed by atoms with E-state index < -0.39 is 5.54 Å². The molecule has 0 aromatic heterocycles. The minimum absolute atomic E-state index is 0.124. The second kappa shape index (κ2) is 8.41. The lowest BCUT2D eigenvalue weighted by Crippen LogP contribution is -2.45. The molecule has 0 fully saturated rings. The van der Waals surface area contributed by atoms with Crippen molar-refractivity contribution in [1.29, 1.82) is 0 Å².